The van der Waals surface area contributed by atoms with Crippen molar-refractivity contribution in [2.24, 2.45) is 10.2 Å². The summed E-state index contributed by atoms with van der Waals surface area (Å²) in [6.07, 6.45) is -0.791. The van der Waals surface area contributed by atoms with Crippen molar-refractivity contribution in [2.45, 2.75) is 13.5 Å². The molecule has 0 saturated heterocycles. The molecule has 3 aromatic rings. The van der Waals surface area contributed by atoms with Gasteiger partial charge in [-0.2, -0.15) is 0 Å². The third kappa shape index (κ3) is 3.71. The fourth-order valence-electron chi connectivity index (χ4n) is 2.56. The van der Waals surface area contributed by atoms with E-state index >= 15 is 0 Å². The zero-order chi connectivity index (χ0) is 17.8. The topological polar surface area (TPSA) is 76.2 Å². The highest BCUT2D eigenvalue weighted by molar-refractivity contribution is 9.10. The Labute approximate surface area is 152 Å². The lowest BCUT2D eigenvalue weighted by Gasteiger charge is -2.07. The van der Waals surface area contributed by atoms with Gasteiger partial charge >= 0.3 is 6.09 Å². The highest BCUT2D eigenvalue weighted by Crippen LogP contribution is 2.40. The summed E-state index contributed by atoms with van der Waals surface area (Å²) >= 11 is 3.42. The number of aromatic hydroxyl groups is 1. The van der Waals surface area contributed by atoms with E-state index in [2.05, 4.69) is 26.2 Å². The van der Waals surface area contributed by atoms with Gasteiger partial charge in [0.1, 0.15) is 0 Å². The Morgan fingerprint density at radius 3 is 2.72 bits per heavy atom. The zero-order valence-corrected chi connectivity index (χ0v) is 15.1. The molecule has 1 amide bonds. The molecule has 0 fully saturated rings. The standard InChI is InChI=1S/C18H16BrN3O3/c1-2-25-18(24)21-20-16-14-10-13(19)8-9-15(14)22(17(16)23)11-12-6-4-3-5-7-12/h3-10,23H,2,11H2,1H3. The number of nitrogens with zero attached hydrogens (tertiary/aromatic N) is 3. The average Bonchev–Trinajstić information content (AvgIpc) is 2.85. The number of fused-ring (bicyclic) bond motifs is 1. The van der Waals surface area contributed by atoms with Crippen LogP contribution in [-0.4, -0.2) is 22.4 Å². The van der Waals surface area contributed by atoms with Gasteiger partial charge in [0.25, 0.3) is 0 Å². The molecule has 7 heteroatoms. The van der Waals surface area contributed by atoms with Crippen molar-refractivity contribution < 1.29 is 14.6 Å². The number of hydrogen-bond donors (Lipinski definition) is 1. The van der Waals surface area contributed by atoms with Gasteiger partial charge in [0, 0.05) is 9.86 Å². The van der Waals surface area contributed by atoms with Crippen LogP contribution in [0.4, 0.5) is 10.5 Å². The summed E-state index contributed by atoms with van der Waals surface area (Å²) in [5.41, 5.74) is 2.06. The Balaban J connectivity index is 2.08. The van der Waals surface area contributed by atoms with Gasteiger partial charge in [-0.15, -0.1) is 5.11 Å². The number of hydrogen-bond acceptors (Lipinski definition) is 4. The summed E-state index contributed by atoms with van der Waals surface area (Å²) in [4.78, 5) is 11.4. The first kappa shape index (κ1) is 17.2. The second kappa shape index (κ2) is 7.48. The SMILES string of the molecule is CCOC(=O)N=Nc1c(O)n(Cc2ccccc2)c2ccc(Br)cc12. The van der Waals surface area contributed by atoms with Gasteiger partial charge in [0.2, 0.25) is 5.88 Å². The van der Waals surface area contributed by atoms with E-state index in [4.69, 9.17) is 4.74 Å². The lowest BCUT2D eigenvalue weighted by Crippen LogP contribution is -1.98. The van der Waals surface area contributed by atoms with Crippen LogP contribution < -0.4 is 0 Å². The number of carbonyl (C=O) groups excluding carboxylic acids is 1. The number of carbonyl (C=O) groups is 1. The van der Waals surface area contributed by atoms with Crippen LogP contribution in [0, 0.1) is 0 Å². The molecule has 0 bridgehead atoms. The second-order valence-electron chi connectivity index (χ2n) is 5.30. The maximum absolute atomic E-state index is 11.4. The van der Waals surface area contributed by atoms with E-state index in [1.54, 1.807) is 11.5 Å². The molecule has 0 unspecified atom stereocenters. The monoisotopic (exact) mass is 401 g/mol. The summed E-state index contributed by atoms with van der Waals surface area (Å²) in [5, 5.41) is 18.8. The van der Waals surface area contributed by atoms with E-state index in [1.165, 1.54) is 0 Å². The summed E-state index contributed by atoms with van der Waals surface area (Å²) in [7, 11) is 0. The van der Waals surface area contributed by atoms with Gasteiger partial charge in [-0.3, -0.25) is 0 Å². The van der Waals surface area contributed by atoms with Crippen LogP contribution in [-0.2, 0) is 11.3 Å². The molecule has 0 aliphatic rings. The lowest BCUT2D eigenvalue weighted by molar-refractivity contribution is 0.162. The molecule has 0 radical (unpaired) electrons. The molecule has 0 aliphatic heterocycles. The molecule has 0 saturated carbocycles. The van der Waals surface area contributed by atoms with E-state index in [9.17, 15) is 9.90 Å². The summed E-state index contributed by atoms with van der Waals surface area (Å²) in [5.74, 6) is -0.0509. The van der Waals surface area contributed by atoms with E-state index in [0.29, 0.717) is 11.9 Å². The minimum Gasteiger partial charge on any atom is -0.493 e. The van der Waals surface area contributed by atoms with Crippen LogP contribution in [0.2, 0.25) is 0 Å². The Hall–Kier alpha value is -2.67. The second-order valence-corrected chi connectivity index (χ2v) is 6.22. The molecule has 3 rings (SSSR count). The van der Waals surface area contributed by atoms with E-state index in [0.717, 1.165) is 15.6 Å². The highest BCUT2D eigenvalue weighted by Gasteiger charge is 2.17. The van der Waals surface area contributed by atoms with E-state index in [1.807, 2.05) is 48.5 Å². The van der Waals surface area contributed by atoms with E-state index in [-0.39, 0.29) is 18.2 Å². The van der Waals surface area contributed by atoms with Crippen molar-refractivity contribution in [3.63, 3.8) is 0 Å². The molecule has 1 heterocycles. The molecule has 128 valence electrons. The van der Waals surface area contributed by atoms with Crippen molar-refractivity contribution in [1.29, 1.82) is 0 Å². The normalized spacial score (nSPS) is 11.3. The van der Waals surface area contributed by atoms with Crippen LogP contribution in [0.3, 0.4) is 0 Å². The van der Waals surface area contributed by atoms with Crippen LogP contribution in [0.15, 0.2) is 63.2 Å². The summed E-state index contributed by atoms with van der Waals surface area (Å²) in [6, 6.07) is 15.4. The number of rotatable bonds is 4. The van der Waals surface area contributed by atoms with Gasteiger partial charge < -0.3 is 14.4 Å². The largest absolute Gasteiger partial charge is 0.493 e. The Morgan fingerprint density at radius 1 is 1.24 bits per heavy atom. The summed E-state index contributed by atoms with van der Waals surface area (Å²) < 4.78 is 7.31. The first-order valence-corrected chi connectivity index (χ1v) is 8.52. The van der Waals surface area contributed by atoms with Crippen LogP contribution in [0.5, 0.6) is 5.88 Å². The van der Waals surface area contributed by atoms with Crippen molar-refractivity contribution in [3.05, 3.63) is 58.6 Å². The van der Waals surface area contributed by atoms with Crippen LogP contribution in [0.25, 0.3) is 10.9 Å². The molecular weight excluding hydrogens is 386 g/mol. The van der Waals surface area contributed by atoms with Crippen molar-refractivity contribution in [1.82, 2.24) is 4.57 Å². The molecule has 1 N–H and O–H groups in total. The van der Waals surface area contributed by atoms with Gasteiger partial charge in [-0.05, 0) is 30.7 Å². The van der Waals surface area contributed by atoms with Crippen molar-refractivity contribution >= 4 is 38.6 Å². The Bertz CT molecular complexity index is 936. The first-order valence-electron chi connectivity index (χ1n) is 7.73. The minimum atomic E-state index is -0.791. The van der Waals surface area contributed by atoms with Crippen molar-refractivity contribution in [3.8, 4) is 5.88 Å². The zero-order valence-electron chi connectivity index (χ0n) is 13.5. The van der Waals surface area contributed by atoms with Crippen molar-refractivity contribution in [2.75, 3.05) is 6.61 Å². The Morgan fingerprint density at radius 2 is 2.00 bits per heavy atom. The minimum absolute atomic E-state index is 0.0509. The number of halogens is 1. The molecular formula is C18H16BrN3O3. The number of ether oxygens (including phenoxy) is 1. The molecule has 0 aliphatic carbocycles. The molecule has 2 aromatic carbocycles. The smallest absolute Gasteiger partial charge is 0.452 e. The molecule has 25 heavy (non-hydrogen) atoms. The van der Waals surface area contributed by atoms with Gasteiger partial charge in [-0.1, -0.05) is 51.4 Å². The number of amides is 1. The average molecular weight is 402 g/mol. The maximum Gasteiger partial charge on any atom is 0.452 e. The molecule has 1 aromatic heterocycles. The number of azo groups is 1. The predicted molar refractivity (Wildman–Crippen MR) is 98.4 cm³/mol. The lowest BCUT2D eigenvalue weighted by atomic mass is 10.2. The Kier molecular flexibility index (Phi) is 5.14. The van der Waals surface area contributed by atoms with Gasteiger partial charge in [-0.25, -0.2) is 4.79 Å². The first-order chi connectivity index (χ1) is 12.1. The predicted octanol–water partition coefficient (Wildman–Crippen LogP) is 5.40. The molecule has 0 atom stereocenters. The van der Waals surface area contributed by atoms with Crippen LogP contribution in [0.1, 0.15) is 12.5 Å². The highest BCUT2D eigenvalue weighted by atomic mass is 79.9. The third-order valence-corrected chi connectivity index (χ3v) is 4.15. The summed E-state index contributed by atoms with van der Waals surface area (Å²) in [6.45, 7) is 2.37. The number of aromatic nitrogens is 1. The fraction of sp³-hybridized carbons (Fsp3) is 0.167. The quantitative estimate of drug-likeness (QED) is 0.594. The fourth-order valence-corrected chi connectivity index (χ4v) is 2.92. The number of benzene rings is 2. The van der Waals surface area contributed by atoms with E-state index < -0.39 is 6.09 Å². The maximum atomic E-state index is 11.4. The van der Waals surface area contributed by atoms with Gasteiger partial charge in [0.15, 0.2) is 5.69 Å². The van der Waals surface area contributed by atoms with Gasteiger partial charge in [0.05, 0.1) is 18.7 Å². The third-order valence-electron chi connectivity index (χ3n) is 3.65. The molecule has 6 nitrogen and oxygen atoms in total. The molecule has 0 spiro atoms. The van der Waals surface area contributed by atoms with Crippen LogP contribution >= 0.6 is 15.9 Å².